The standard InChI is InChI=1S/C13H26N2O2/c1-4-9-15(10-13(16)17-11(2)3)12-5-7-14-8-6-12/h11-12,14H,4-10H2,1-3H3. The maximum absolute atomic E-state index is 11.7. The number of hydrogen-bond acceptors (Lipinski definition) is 4. The second-order valence-electron chi connectivity index (χ2n) is 4.99. The highest BCUT2D eigenvalue weighted by atomic mass is 16.5. The molecule has 0 aromatic heterocycles. The minimum Gasteiger partial charge on any atom is -0.462 e. The number of nitrogens with one attached hydrogen (secondary N) is 1. The molecule has 0 aliphatic carbocycles. The number of piperidine rings is 1. The minimum atomic E-state index is -0.0908. The summed E-state index contributed by atoms with van der Waals surface area (Å²) in [5.41, 5.74) is 0. The highest BCUT2D eigenvalue weighted by molar-refractivity contribution is 5.71. The van der Waals surface area contributed by atoms with E-state index in [1.165, 1.54) is 0 Å². The summed E-state index contributed by atoms with van der Waals surface area (Å²) >= 11 is 0. The van der Waals surface area contributed by atoms with Crippen LogP contribution in [0.3, 0.4) is 0 Å². The van der Waals surface area contributed by atoms with Crippen LogP contribution in [-0.2, 0) is 9.53 Å². The molecule has 0 atom stereocenters. The second-order valence-corrected chi connectivity index (χ2v) is 4.99. The lowest BCUT2D eigenvalue weighted by atomic mass is 10.0. The van der Waals surface area contributed by atoms with Gasteiger partial charge in [0.05, 0.1) is 12.6 Å². The van der Waals surface area contributed by atoms with Gasteiger partial charge in [0, 0.05) is 6.04 Å². The molecule has 0 saturated carbocycles. The summed E-state index contributed by atoms with van der Waals surface area (Å²) in [5.74, 6) is -0.0908. The Bertz CT molecular complexity index is 225. The summed E-state index contributed by atoms with van der Waals surface area (Å²) in [6.45, 7) is 9.49. The van der Waals surface area contributed by atoms with E-state index < -0.39 is 0 Å². The van der Waals surface area contributed by atoms with Crippen LogP contribution >= 0.6 is 0 Å². The quantitative estimate of drug-likeness (QED) is 0.715. The number of nitrogens with zero attached hydrogens (tertiary/aromatic N) is 1. The monoisotopic (exact) mass is 242 g/mol. The third-order valence-electron chi connectivity index (χ3n) is 3.04. The second kappa shape index (κ2) is 7.67. The molecule has 4 nitrogen and oxygen atoms in total. The SMILES string of the molecule is CCCN(CC(=O)OC(C)C)C1CCNCC1. The Morgan fingerprint density at radius 3 is 2.59 bits per heavy atom. The Morgan fingerprint density at radius 1 is 1.41 bits per heavy atom. The largest absolute Gasteiger partial charge is 0.462 e. The lowest BCUT2D eigenvalue weighted by Gasteiger charge is -2.33. The van der Waals surface area contributed by atoms with E-state index in [4.69, 9.17) is 4.74 Å². The summed E-state index contributed by atoms with van der Waals surface area (Å²) in [5, 5.41) is 3.35. The molecular weight excluding hydrogens is 216 g/mol. The van der Waals surface area contributed by atoms with Gasteiger partial charge >= 0.3 is 5.97 Å². The molecule has 1 fully saturated rings. The number of rotatable bonds is 6. The van der Waals surface area contributed by atoms with Crippen molar-refractivity contribution >= 4 is 5.97 Å². The van der Waals surface area contributed by atoms with Gasteiger partial charge in [-0.05, 0) is 52.7 Å². The molecule has 17 heavy (non-hydrogen) atoms. The third-order valence-corrected chi connectivity index (χ3v) is 3.04. The molecule has 1 rings (SSSR count). The van der Waals surface area contributed by atoms with Gasteiger partial charge in [0.15, 0.2) is 0 Å². The maximum atomic E-state index is 11.7. The molecule has 1 saturated heterocycles. The summed E-state index contributed by atoms with van der Waals surface area (Å²) in [6.07, 6.45) is 3.34. The van der Waals surface area contributed by atoms with Gasteiger partial charge in [0.2, 0.25) is 0 Å². The van der Waals surface area contributed by atoms with Crippen LogP contribution in [0.1, 0.15) is 40.0 Å². The lowest BCUT2D eigenvalue weighted by molar-refractivity contribution is -0.149. The van der Waals surface area contributed by atoms with E-state index in [2.05, 4.69) is 17.1 Å². The molecule has 0 unspecified atom stereocenters. The van der Waals surface area contributed by atoms with Crippen molar-refractivity contribution in [1.82, 2.24) is 10.2 Å². The van der Waals surface area contributed by atoms with Crippen molar-refractivity contribution < 1.29 is 9.53 Å². The van der Waals surface area contributed by atoms with Crippen molar-refractivity contribution in [2.75, 3.05) is 26.2 Å². The molecule has 0 aromatic rings. The Hall–Kier alpha value is -0.610. The van der Waals surface area contributed by atoms with Gasteiger partial charge in [-0.25, -0.2) is 0 Å². The van der Waals surface area contributed by atoms with Crippen molar-refractivity contribution in [3.63, 3.8) is 0 Å². The number of esters is 1. The van der Waals surface area contributed by atoms with Crippen molar-refractivity contribution in [3.05, 3.63) is 0 Å². The Labute approximate surface area is 105 Å². The average Bonchev–Trinajstić information content (AvgIpc) is 2.28. The van der Waals surface area contributed by atoms with Crippen molar-refractivity contribution in [3.8, 4) is 0 Å². The summed E-state index contributed by atoms with van der Waals surface area (Å²) < 4.78 is 5.22. The fraction of sp³-hybridized carbons (Fsp3) is 0.923. The minimum absolute atomic E-state index is 0.0148. The van der Waals surface area contributed by atoms with E-state index in [0.717, 1.165) is 38.9 Å². The smallest absolute Gasteiger partial charge is 0.320 e. The van der Waals surface area contributed by atoms with Crippen LogP contribution in [-0.4, -0.2) is 49.2 Å². The van der Waals surface area contributed by atoms with Crippen LogP contribution in [0.25, 0.3) is 0 Å². The molecule has 1 heterocycles. The molecule has 0 radical (unpaired) electrons. The Morgan fingerprint density at radius 2 is 2.06 bits per heavy atom. The van der Waals surface area contributed by atoms with E-state index in [1.54, 1.807) is 0 Å². The van der Waals surface area contributed by atoms with Crippen LogP contribution in [0.4, 0.5) is 0 Å². The molecule has 4 heteroatoms. The van der Waals surface area contributed by atoms with E-state index in [9.17, 15) is 4.79 Å². The van der Waals surface area contributed by atoms with Gasteiger partial charge in [0.1, 0.15) is 0 Å². The first-order chi connectivity index (χ1) is 8.13. The van der Waals surface area contributed by atoms with Crippen molar-refractivity contribution in [2.45, 2.75) is 52.2 Å². The molecule has 0 bridgehead atoms. The summed E-state index contributed by atoms with van der Waals surface area (Å²) in [7, 11) is 0. The summed E-state index contributed by atoms with van der Waals surface area (Å²) in [4.78, 5) is 14.0. The molecule has 100 valence electrons. The maximum Gasteiger partial charge on any atom is 0.320 e. The van der Waals surface area contributed by atoms with Crippen LogP contribution in [0.5, 0.6) is 0 Å². The van der Waals surface area contributed by atoms with Crippen LogP contribution in [0.15, 0.2) is 0 Å². The number of carbonyl (C=O) groups is 1. The van der Waals surface area contributed by atoms with Crippen LogP contribution < -0.4 is 5.32 Å². The van der Waals surface area contributed by atoms with Gasteiger partial charge in [-0.2, -0.15) is 0 Å². The van der Waals surface area contributed by atoms with Crippen molar-refractivity contribution in [1.29, 1.82) is 0 Å². The zero-order valence-corrected chi connectivity index (χ0v) is 11.4. The van der Waals surface area contributed by atoms with Gasteiger partial charge in [-0.3, -0.25) is 9.69 Å². The zero-order valence-electron chi connectivity index (χ0n) is 11.4. The topological polar surface area (TPSA) is 41.6 Å². The fourth-order valence-electron chi connectivity index (χ4n) is 2.32. The number of ether oxygens (including phenoxy) is 1. The van der Waals surface area contributed by atoms with E-state index in [-0.39, 0.29) is 12.1 Å². The van der Waals surface area contributed by atoms with E-state index >= 15 is 0 Å². The molecular formula is C13H26N2O2. The normalized spacial score (nSPS) is 17.7. The van der Waals surface area contributed by atoms with E-state index in [1.807, 2.05) is 13.8 Å². The van der Waals surface area contributed by atoms with Gasteiger partial charge in [0.25, 0.3) is 0 Å². The number of carbonyl (C=O) groups excluding carboxylic acids is 1. The number of hydrogen-bond donors (Lipinski definition) is 1. The highest BCUT2D eigenvalue weighted by Crippen LogP contribution is 2.12. The first kappa shape index (κ1) is 14.5. The van der Waals surface area contributed by atoms with Gasteiger partial charge in [-0.15, -0.1) is 0 Å². The molecule has 1 aliphatic heterocycles. The predicted molar refractivity (Wildman–Crippen MR) is 69.0 cm³/mol. The van der Waals surface area contributed by atoms with Gasteiger partial charge in [-0.1, -0.05) is 6.92 Å². The fourth-order valence-corrected chi connectivity index (χ4v) is 2.32. The lowest BCUT2D eigenvalue weighted by Crippen LogP contribution is -2.46. The highest BCUT2D eigenvalue weighted by Gasteiger charge is 2.22. The molecule has 1 aliphatic rings. The first-order valence-electron chi connectivity index (χ1n) is 6.77. The summed E-state index contributed by atoms with van der Waals surface area (Å²) in [6, 6.07) is 0.538. The first-order valence-corrected chi connectivity index (χ1v) is 6.77. The van der Waals surface area contributed by atoms with Crippen LogP contribution in [0.2, 0.25) is 0 Å². The molecule has 0 aromatic carbocycles. The average molecular weight is 242 g/mol. The van der Waals surface area contributed by atoms with Gasteiger partial charge < -0.3 is 10.1 Å². The van der Waals surface area contributed by atoms with Crippen LogP contribution in [0, 0.1) is 0 Å². The van der Waals surface area contributed by atoms with Crippen molar-refractivity contribution in [2.24, 2.45) is 0 Å². The Balaban J connectivity index is 2.43. The Kier molecular flexibility index (Phi) is 6.52. The molecule has 0 amide bonds. The molecule has 1 N–H and O–H groups in total. The zero-order chi connectivity index (χ0) is 12.7. The predicted octanol–water partition coefficient (Wildman–Crippen LogP) is 1.40. The third kappa shape index (κ3) is 5.50. The molecule has 0 spiro atoms. The van der Waals surface area contributed by atoms with E-state index in [0.29, 0.717) is 12.6 Å².